The first-order valence-corrected chi connectivity index (χ1v) is 5.01. The molecular weight excluding hydrogens is 190 g/mol. The number of nitrogens with one attached hydrogen (secondary N) is 1. The first-order chi connectivity index (χ1) is 7.03. The minimum Gasteiger partial charge on any atom is -0.508 e. The molecule has 0 spiro atoms. The number of aromatic hydroxyl groups is 1. The van der Waals surface area contributed by atoms with E-state index in [0.29, 0.717) is 0 Å². The second kappa shape index (κ2) is 3.24. The Morgan fingerprint density at radius 3 is 2.93 bits per heavy atom. The molecule has 0 fully saturated rings. The van der Waals surface area contributed by atoms with Crippen LogP contribution >= 0.6 is 0 Å². The van der Waals surface area contributed by atoms with Crippen LogP contribution in [0.5, 0.6) is 5.75 Å². The van der Waals surface area contributed by atoms with Gasteiger partial charge in [-0.3, -0.25) is 0 Å². The van der Waals surface area contributed by atoms with Gasteiger partial charge < -0.3 is 15.8 Å². The molecule has 1 aromatic carbocycles. The maximum absolute atomic E-state index is 9.32. The number of hydrogen-bond acceptors (Lipinski definition) is 3. The van der Waals surface area contributed by atoms with Crippen molar-refractivity contribution in [3.63, 3.8) is 0 Å². The van der Waals surface area contributed by atoms with Crippen LogP contribution in [-0.2, 0) is 5.54 Å². The summed E-state index contributed by atoms with van der Waals surface area (Å²) < 4.78 is 0. The van der Waals surface area contributed by atoms with Gasteiger partial charge in [0.1, 0.15) is 11.6 Å². The van der Waals surface area contributed by atoms with Crippen LogP contribution in [0.15, 0.2) is 18.2 Å². The van der Waals surface area contributed by atoms with Crippen molar-refractivity contribution < 1.29 is 5.11 Å². The molecule has 0 aliphatic heterocycles. The SMILES string of the molecule is CCC(C)(N)c1nc2ccc(O)cc2[nH]1. The maximum atomic E-state index is 9.32. The van der Waals surface area contributed by atoms with Gasteiger partial charge in [-0.2, -0.15) is 0 Å². The van der Waals surface area contributed by atoms with Gasteiger partial charge in [0.05, 0.1) is 16.6 Å². The Kier molecular flexibility index (Phi) is 2.16. The van der Waals surface area contributed by atoms with E-state index >= 15 is 0 Å². The molecule has 0 saturated carbocycles. The molecule has 1 unspecified atom stereocenters. The monoisotopic (exact) mass is 205 g/mol. The lowest BCUT2D eigenvalue weighted by molar-refractivity contribution is 0.451. The third kappa shape index (κ3) is 1.68. The molecule has 0 amide bonds. The predicted molar refractivity (Wildman–Crippen MR) is 59.6 cm³/mol. The number of aromatic nitrogens is 2. The normalized spacial score (nSPS) is 15.4. The molecule has 1 heterocycles. The van der Waals surface area contributed by atoms with E-state index in [-0.39, 0.29) is 5.75 Å². The number of nitrogens with two attached hydrogens (primary N) is 1. The van der Waals surface area contributed by atoms with Crippen molar-refractivity contribution in [1.82, 2.24) is 9.97 Å². The fourth-order valence-corrected chi connectivity index (χ4v) is 1.44. The van der Waals surface area contributed by atoms with Crippen molar-refractivity contribution in [2.45, 2.75) is 25.8 Å². The van der Waals surface area contributed by atoms with E-state index in [9.17, 15) is 5.11 Å². The van der Waals surface area contributed by atoms with E-state index in [4.69, 9.17) is 5.73 Å². The van der Waals surface area contributed by atoms with Crippen molar-refractivity contribution in [3.05, 3.63) is 24.0 Å². The molecule has 4 heteroatoms. The molecular formula is C11H15N3O. The Morgan fingerprint density at radius 1 is 1.53 bits per heavy atom. The van der Waals surface area contributed by atoms with Crippen molar-refractivity contribution >= 4 is 11.0 Å². The highest BCUT2D eigenvalue weighted by atomic mass is 16.3. The fourth-order valence-electron chi connectivity index (χ4n) is 1.44. The minimum atomic E-state index is -0.450. The predicted octanol–water partition coefficient (Wildman–Crippen LogP) is 1.85. The highest BCUT2D eigenvalue weighted by Gasteiger charge is 2.22. The summed E-state index contributed by atoms with van der Waals surface area (Å²) in [6.45, 7) is 3.95. The molecule has 4 N–H and O–H groups in total. The van der Waals surface area contributed by atoms with Gasteiger partial charge in [0, 0.05) is 6.07 Å². The lowest BCUT2D eigenvalue weighted by atomic mass is 10.0. The standard InChI is InChI=1S/C11H15N3O/c1-3-11(2,12)10-13-8-5-4-7(15)6-9(8)14-10/h4-6,15H,3,12H2,1-2H3,(H,13,14). The molecule has 2 aromatic rings. The zero-order chi connectivity index (χ0) is 11.1. The summed E-state index contributed by atoms with van der Waals surface area (Å²) in [6.07, 6.45) is 0.804. The number of benzene rings is 1. The Labute approximate surface area is 88.1 Å². The van der Waals surface area contributed by atoms with E-state index < -0.39 is 5.54 Å². The molecule has 0 saturated heterocycles. The average molecular weight is 205 g/mol. The molecule has 1 atom stereocenters. The Balaban J connectivity index is 2.56. The van der Waals surface area contributed by atoms with Gasteiger partial charge in [0.25, 0.3) is 0 Å². The number of phenolic OH excluding ortho intramolecular Hbond substituents is 1. The number of imidazole rings is 1. The Morgan fingerprint density at radius 2 is 2.27 bits per heavy atom. The Hall–Kier alpha value is -1.55. The average Bonchev–Trinajstić information content (AvgIpc) is 2.61. The van der Waals surface area contributed by atoms with Crippen LogP contribution in [0, 0.1) is 0 Å². The molecule has 0 bridgehead atoms. The second-order valence-corrected chi connectivity index (χ2v) is 4.06. The third-order valence-electron chi connectivity index (χ3n) is 2.74. The van der Waals surface area contributed by atoms with Crippen LogP contribution in [0.2, 0.25) is 0 Å². The highest BCUT2D eigenvalue weighted by Crippen LogP contribution is 2.23. The molecule has 0 radical (unpaired) electrons. The third-order valence-corrected chi connectivity index (χ3v) is 2.74. The van der Waals surface area contributed by atoms with Gasteiger partial charge in [0.2, 0.25) is 0 Å². The van der Waals surface area contributed by atoms with Crippen LogP contribution in [0.4, 0.5) is 0 Å². The summed E-state index contributed by atoms with van der Waals surface area (Å²) in [7, 11) is 0. The lowest BCUT2D eigenvalue weighted by Crippen LogP contribution is -2.33. The van der Waals surface area contributed by atoms with Gasteiger partial charge in [-0.15, -0.1) is 0 Å². The summed E-state index contributed by atoms with van der Waals surface area (Å²) in [4.78, 5) is 7.54. The van der Waals surface area contributed by atoms with Crippen LogP contribution in [-0.4, -0.2) is 15.1 Å². The summed E-state index contributed by atoms with van der Waals surface area (Å²) in [5.41, 5.74) is 7.27. The molecule has 4 nitrogen and oxygen atoms in total. The van der Waals surface area contributed by atoms with E-state index in [1.165, 1.54) is 0 Å². The van der Waals surface area contributed by atoms with Crippen molar-refractivity contribution in [1.29, 1.82) is 0 Å². The van der Waals surface area contributed by atoms with E-state index in [1.807, 2.05) is 13.8 Å². The summed E-state index contributed by atoms with van der Waals surface area (Å²) in [5.74, 6) is 0.985. The van der Waals surface area contributed by atoms with Crippen LogP contribution in [0.3, 0.4) is 0 Å². The smallest absolute Gasteiger partial charge is 0.127 e. The zero-order valence-electron chi connectivity index (χ0n) is 8.91. The number of fused-ring (bicyclic) bond motifs is 1. The molecule has 0 aliphatic carbocycles. The van der Waals surface area contributed by atoms with E-state index in [2.05, 4.69) is 9.97 Å². The van der Waals surface area contributed by atoms with Gasteiger partial charge >= 0.3 is 0 Å². The fraction of sp³-hybridized carbons (Fsp3) is 0.364. The summed E-state index contributed by atoms with van der Waals surface area (Å²) >= 11 is 0. The van der Waals surface area contributed by atoms with Crippen LogP contribution in [0.1, 0.15) is 26.1 Å². The molecule has 2 rings (SSSR count). The number of nitrogens with zero attached hydrogens (tertiary/aromatic N) is 1. The van der Waals surface area contributed by atoms with Gasteiger partial charge in [-0.1, -0.05) is 6.92 Å². The first-order valence-electron chi connectivity index (χ1n) is 5.01. The Bertz CT molecular complexity index is 488. The number of rotatable bonds is 2. The van der Waals surface area contributed by atoms with Crippen LogP contribution in [0.25, 0.3) is 11.0 Å². The molecule has 1 aromatic heterocycles. The number of hydrogen-bond donors (Lipinski definition) is 3. The first kappa shape index (κ1) is 9.98. The van der Waals surface area contributed by atoms with E-state index in [0.717, 1.165) is 23.3 Å². The molecule has 80 valence electrons. The quantitative estimate of drug-likeness (QED) is 0.700. The second-order valence-electron chi connectivity index (χ2n) is 4.06. The van der Waals surface area contributed by atoms with Gasteiger partial charge in [-0.25, -0.2) is 4.98 Å². The van der Waals surface area contributed by atoms with Crippen molar-refractivity contribution in [2.75, 3.05) is 0 Å². The maximum Gasteiger partial charge on any atom is 0.127 e. The number of aromatic amines is 1. The zero-order valence-corrected chi connectivity index (χ0v) is 8.91. The molecule has 0 aliphatic rings. The minimum absolute atomic E-state index is 0.230. The molecule has 15 heavy (non-hydrogen) atoms. The largest absolute Gasteiger partial charge is 0.508 e. The van der Waals surface area contributed by atoms with Crippen LogP contribution < -0.4 is 5.73 Å². The number of phenols is 1. The van der Waals surface area contributed by atoms with Gasteiger partial charge in [-0.05, 0) is 25.5 Å². The summed E-state index contributed by atoms with van der Waals surface area (Å²) in [6, 6.07) is 5.04. The van der Waals surface area contributed by atoms with Gasteiger partial charge in [0.15, 0.2) is 0 Å². The highest BCUT2D eigenvalue weighted by molar-refractivity contribution is 5.76. The topological polar surface area (TPSA) is 74.9 Å². The van der Waals surface area contributed by atoms with Crippen molar-refractivity contribution in [2.24, 2.45) is 5.73 Å². The number of H-pyrrole nitrogens is 1. The van der Waals surface area contributed by atoms with E-state index in [1.54, 1.807) is 18.2 Å². The summed E-state index contributed by atoms with van der Waals surface area (Å²) in [5, 5.41) is 9.32. The lowest BCUT2D eigenvalue weighted by Gasteiger charge is -2.19. The van der Waals surface area contributed by atoms with Crippen molar-refractivity contribution in [3.8, 4) is 5.75 Å².